The van der Waals surface area contributed by atoms with Gasteiger partial charge in [0.15, 0.2) is 0 Å². The van der Waals surface area contributed by atoms with Gasteiger partial charge in [-0.05, 0) is 30.2 Å². The summed E-state index contributed by atoms with van der Waals surface area (Å²) in [4.78, 5) is 25.9. The second-order valence-corrected chi connectivity index (χ2v) is 7.39. The second-order valence-electron chi connectivity index (χ2n) is 7.39. The van der Waals surface area contributed by atoms with Crippen LogP contribution in [0.25, 0.3) is 22.1 Å². The zero-order valence-corrected chi connectivity index (χ0v) is 16.4. The number of amides is 1. The third kappa shape index (κ3) is 4.09. The molecule has 1 saturated heterocycles. The van der Waals surface area contributed by atoms with Gasteiger partial charge in [-0.15, -0.1) is 0 Å². The van der Waals surface area contributed by atoms with Crippen LogP contribution in [0.3, 0.4) is 0 Å². The van der Waals surface area contributed by atoms with Crippen LogP contribution in [0.5, 0.6) is 5.75 Å². The standard InChI is InChI=1S/C24H23NO4/c1-16(2)24(27)25-12-10-18(11-13-25)28-19-8-9-20-21(17-6-4-3-5-7-17)15-23(26)29-22(20)14-19/h3-9,14-15,18H,1,10-13H2,2H3. The molecule has 0 saturated carbocycles. The molecule has 1 aliphatic heterocycles. The van der Waals surface area contributed by atoms with Crippen LogP contribution in [0.4, 0.5) is 0 Å². The van der Waals surface area contributed by atoms with E-state index >= 15 is 0 Å². The summed E-state index contributed by atoms with van der Waals surface area (Å²) in [7, 11) is 0. The van der Waals surface area contributed by atoms with E-state index < -0.39 is 0 Å². The Hall–Kier alpha value is -3.34. The van der Waals surface area contributed by atoms with E-state index in [2.05, 4.69) is 6.58 Å². The van der Waals surface area contributed by atoms with Crippen LogP contribution in [-0.4, -0.2) is 30.0 Å². The second kappa shape index (κ2) is 7.95. The minimum absolute atomic E-state index is 0.00405. The maximum atomic E-state index is 12.1. The summed E-state index contributed by atoms with van der Waals surface area (Å²) in [5.41, 5.74) is 2.48. The van der Waals surface area contributed by atoms with Gasteiger partial charge in [-0.1, -0.05) is 36.9 Å². The molecule has 0 bridgehead atoms. The van der Waals surface area contributed by atoms with Crippen molar-refractivity contribution in [3.05, 3.63) is 77.2 Å². The third-order valence-electron chi connectivity index (χ3n) is 5.20. The monoisotopic (exact) mass is 389 g/mol. The highest BCUT2D eigenvalue weighted by Gasteiger charge is 2.24. The molecule has 1 aromatic heterocycles. The van der Waals surface area contributed by atoms with Crippen LogP contribution in [0.1, 0.15) is 19.8 Å². The zero-order valence-electron chi connectivity index (χ0n) is 16.4. The van der Waals surface area contributed by atoms with Crippen LogP contribution < -0.4 is 10.4 Å². The Morgan fingerprint density at radius 2 is 1.83 bits per heavy atom. The molecular weight excluding hydrogens is 366 g/mol. The van der Waals surface area contributed by atoms with E-state index in [0.717, 1.165) is 29.4 Å². The summed E-state index contributed by atoms with van der Waals surface area (Å²) in [6.45, 7) is 6.76. The van der Waals surface area contributed by atoms with Crippen LogP contribution in [0, 0.1) is 0 Å². The average molecular weight is 389 g/mol. The highest BCUT2D eigenvalue weighted by molar-refractivity contribution is 5.94. The molecule has 0 spiro atoms. The van der Waals surface area contributed by atoms with Gasteiger partial charge >= 0.3 is 5.63 Å². The van der Waals surface area contributed by atoms with Crippen molar-refractivity contribution in [1.29, 1.82) is 0 Å². The minimum atomic E-state index is -0.389. The first-order chi connectivity index (χ1) is 14.0. The first-order valence-corrected chi connectivity index (χ1v) is 9.76. The van der Waals surface area contributed by atoms with Gasteiger partial charge in [0.05, 0.1) is 0 Å². The van der Waals surface area contributed by atoms with Crippen molar-refractivity contribution in [1.82, 2.24) is 4.90 Å². The molecule has 4 rings (SSSR count). The Morgan fingerprint density at radius 3 is 2.52 bits per heavy atom. The molecule has 3 aromatic rings. The largest absolute Gasteiger partial charge is 0.490 e. The predicted molar refractivity (Wildman–Crippen MR) is 113 cm³/mol. The lowest BCUT2D eigenvalue weighted by molar-refractivity contribution is -0.128. The summed E-state index contributed by atoms with van der Waals surface area (Å²) >= 11 is 0. The molecule has 0 radical (unpaired) electrons. The molecule has 5 heteroatoms. The Kier molecular flexibility index (Phi) is 5.21. The van der Waals surface area contributed by atoms with Crippen molar-refractivity contribution in [2.24, 2.45) is 0 Å². The number of rotatable bonds is 4. The van der Waals surface area contributed by atoms with Crippen molar-refractivity contribution >= 4 is 16.9 Å². The molecule has 1 fully saturated rings. The molecule has 148 valence electrons. The van der Waals surface area contributed by atoms with Gasteiger partial charge in [0.1, 0.15) is 17.4 Å². The maximum Gasteiger partial charge on any atom is 0.336 e. The normalized spacial score (nSPS) is 14.7. The summed E-state index contributed by atoms with van der Waals surface area (Å²) in [6.07, 6.45) is 1.53. The van der Waals surface area contributed by atoms with Crippen molar-refractivity contribution in [3.8, 4) is 16.9 Å². The number of nitrogens with zero attached hydrogens (tertiary/aromatic N) is 1. The van der Waals surface area contributed by atoms with Gasteiger partial charge in [0.25, 0.3) is 0 Å². The number of hydrogen-bond donors (Lipinski definition) is 0. The van der Waals surface area contributed by atoms with E-state index in [9.17, 15) is 9.59 Å². The van der Waals surface area contributed by atoms with E-state index in [-0.39, 0.29) is 17.6 Å². The highest BCUT2D eigenvalue weighted by atomic mass is 16.5. The molecule has 0 atom stereocenters. The van der Waals surface area contributed by atoms with Crippen molar-refractivity contribution in [3.63, 3.8) is 0 Å². The van der Waals surface area contributed by atoms with Gasteiger partial charge in [-0.25, -0.2) is 4.79 Å². The first kappa shape index (κ1) is 19.0. The number of hydrogen-bond acceptors (Lipinski definition) is 4. The van der Waals surface area contributed by atoms with E-state index in [1.807, 2.05) is 47.4 Å². The number of ether oxygens (including phenoxy) is 1. The summed E-state index contributed by atoms with van der Waals surface area (Å²) < 4.78 is 11.5. The fourth-order valence-electron chi connectivity index (χ4n) is 3.71. The Bertz CT molecular complexity index is 1110. The van der Waals surface area contributed by atoms with E-state index in [1.54, 1.807) is 13.0 Å². The fourth-order valence-corrected chi connectivity index (χ4v) is 3.71. The third-order valence-corrected chi connectivity index (χ3v) is 5.20. The molecule has 5 nitrogen and oxygen atoms in total. The Morgan fingerprint density at radius 1 is 1.10 bits per heavy atom. The molecule has 0 aliphatic carbocycles. The SMILES string of the molecule is C=C(C)C(=O)N1CCC(Oc2ccc3c(-c4ccccc4)cc(=O)oc3c2)CC1. The molecule has 1 aliphatic rings. The number of fused-ring (bicyclic) bond motifs is 1. The molecule has 0 unspecified atom stereocenters. The Labute approximate surface area is 169 Å². The van der Waals surface area contributed by atoms with Gasteiger partial charge in [0, 0.05) is 49.0 Å². The van der Waals surface area contributed by atoms with Gasteiger partial charge in [-0.2, -0.15) is 0 Å². The lowest BCUT2D eigenvalue weighted by Crippen LogP contribution is -2.42. The number of carbonyl (C=O) groups excluding carboxylic acids is 1. The predicted octanol–water partition coefficient (Wildman–Crippen LogP) is 4.41. The summed E-state index contributed by atoms with van der Waals surface area (Å²) in [6, 6.07) is 16.9. The van der Waals surface area contributed by atoms with E-state index in [4.69, 9.17) is 9.15 Å². The number of likely N-dealkylation sites (tertiary alicyclic amines) is 1. The van der Waals surface area contributed by atoms with Crippen LogP contribution >= 0.6 is 0 Å². The lowest BCUT2D eigenvalue weighted by atomic mass is 10.0. The molecule has 29 heavy (non-hydrogen) atoms. The molecule has 0 N–H and O–H groups in total. The minimum Gasteiger partial charge on any atom is -0.490 e. The number of piperidine rings is 1. The smallest absolute Gasteiger partial charge is 0.336 e. The fraction of sp³-hybridized carbons (Fsp3) is 0.250. The zero-order chi connectivity index (χ0) is 20.4. The lowest BCUT2D eigenvalue weighted by Gasteiger charge is -2.32. The maximum absolute atomic E-state index is 12.1. The van der Waals surface area contributed by atoms with Crippen LogP contribution in [0.2, 0.25) is 0 Å². The quantitative estimate of drug-likeness (QED) is 0.490. The summed E-state index contributed by atoms with van der Waals surface area (Å²) in [5.74, 6) is 0.667. The van der Waals surface area contributed by atoms with Crippen molar-refractivity contribution < 1.29 is 13.9 Å². The molecular formula is C24H23NO4. The van der Waals surface area contributed by atoms with Gasteiger partial charge < -0.3 is 14.1 Å². The van der Waals surface area contributed by atoms with Crippen molar-refractivity contribution in [2.75, 3.05) is 13.1 Å². The molecule has 2 heterocycles. The van der Waals surface area contributed by atoms with Crippen LogP contribution in [-0.2, 0) is 4.79 Å². The van der Waals surface area contributed by atoms with Gasteiger partial charge in [0.2, 0.25) is 5.91 Å². The molecule has 1 amide bonds. The van der Waals surface area contributed by atoms with Gasteiger partial charge in [-0.3, -0.25) is 4.79 Å². The topological polar surface area (TPSA) is 59.8 Å². The van der Waals surface area contributed by atoms with E-state index in [0.29, 0.717) is 30.0 Å². The van der Waals surface area contributed by atoms with E-state index in [1.165, 1.54) is 6.07 Å². The average Bonchev–Trinajstić information content (AvgIpc) is 2.73. The van der Waals surface area contributed by atoms with Crippen molar-refractivity contribution in [2.45, 2.75) is 25.9 Å². The van der Waals surface area contributed by atoms with Crippen LogP contribution in [0.15, 0.2) is 76.0 Å². The molecule has 2 aromatic carbocycles. The number of carbonyl (C=O) groups is 1. The summed E-state index contributed by atoms with van der Waals surface area (Å²) in [5, 5.41) is 0.866. The number of benzene rings is 2. The Balaban J connectivity index is 1.54. The highest BCUT2D eigenvalue weighted by Crippen LogP contribution is 2.30. The first-order valence-electron chi connectivity index (χ1n) is 9.76.